The highest BCUT2D eigenvalue weighted by molar-refractivity contribution is 14.1. The lowest BCUT2D eigenvalue weighted by Gasteiger charge is -2.34. The average molecular weight is 846 g/mol. The fourth-order valence-electron chi connectivity index (χ4n) is 5.78. The number of hydrogen-bond donors (Lipinski definition) is 1. The van der Waals surface area contributed by atoms with E-state index >= 15 is 0 Å². The minimum absolute atomic E-state index is 0.00576. The van der Waals surface area contributed by atoms with Crippen molar-refractivity contribution in [3.05, 3.63) is 127 Å². The lowest BCUT2D eigenvalue weighted by Crippen LogP contribution is -2.49. The molecular weight excluding hydrogens is 802 g/mol. The highest BCUT2D eigenvalue weighted by Gasteiger charge is 2.23. The van der Waals surface area contributed by atoms with Crippen molar-refractivity contribution in [2.45, 2.75) is 19.7 Å². The van der Waals surface area contributed by atoms with Crippen molar-refractivity contribution in [3.63, 3.8) is 0 Å². The van der Waals surface area contributed by atoms with E-state index in [0.717, 1.165) is 71.7 Å². The van der Waals surface area contributed by atoms with Crippen LogP contribution >= 0.6 is 45.8 Å². The second-order valence-electron chi connectivity index (χ2n) is 12.4. The Morgan fingerprint density at radius 3 is 1.53 bits per heavy atom. The first kappa shape index (κ1) is 38.8. The summed E-state index contributed by atoms with van der Waals surface area (Å²) in [7, 11) is 0. The van der Waals surface area contributed by atoms with Gasteiger partial charge in [-0.05, 0) is 88.3 Å². The third-order valence-corrected chi connectivity index (χ3v) is 9.98. The standard InChI is InChI=1S/C20H23ClN2O3.C19H20ClIN2O2/c21-18-7-5-16(6-8-18)13-22-9-11-23(12-10-22)20(25)15-26-19-4-2-1-3-17(19)14-24;20-16-3-1-15(2-4-16)13-22-9-11-23(12-10-22)19(24)14-25-18-7-5-17(21)6-8-18/h1-8,24H,9-15H2;1-8H,9-14H2. The number of para-hydroxylation sites is 1. The van der Waals surface area contributed by atoms with E-state index in [9.17, 15) is 14.7 Å². The molecule has 0 spiro atoms. The molecule has 0 saturated carbocycles. The number of rotatable bonds is 11. The molecule has 0 unspecified atom stereocenters. The number of amides is 2. The number of hydrogen-bond acceptors (Lipinski definition) is 7. The molecule has 2 aliphatic rings. The molecule has 4 aromatic carbocycles. The quantitative estimate of drug-likeness (QED) is 0.180. The van der Waals surface area contributed by atoms with Gasteiger partial charge in [0.25, 0.3) is 11.8 Å². The maximum Gasteiger partial charge on any atom is 0.260 e. The number of ether oxygens (including phenoxy) is 2. The summed E-state index contributed by atoms with van der Waals surface area (Å²) in [6.07, 6.45) is 0. The van der Waals surface area contributed by atoms with Crippen LogP contribution < -0.4 is 9.47 Å². The van der Waals surface area contributed by atoms with Crippen LogP contribution in [0.2, 0.25) is 10.0 Å². The van der Waals surface area contributed by atoms with Crippen molar-refractivity contribution in [2.24, 2.45) is 0 Å². The van der Waals surface area contributed by atoms with Gasteiger partial charge in [0.05, 0.1) is 6.61 Å². The molecule has 4 aromatic rings. The van der Waals surface area contributed by atoms with Crippen LogP contribution in [0.3, 0.4) is 0 Å². The summed E-state index contributed by atoms with van der Waals surface area (Å²) in [5, 5.41) is 10.8. The number of piperazine rings is 2. The molecule has 1 N–H and O–H groups in total. The first-order valence-electron chi connectivity index (χ1n) is 16.9. The predicted molar refractivity (Wildman–Crippen MR) is 209 cm³/mol. The molecule has 9 nitrogen and oxygen atoms in total. The van der Waals surface area contributed by atoms with Gasteiger partial charge < -0.3 is 24.4 Å². The Labute approximate surface area is 323 Å². The third-order valence-electron chi connectivity index (χ3n) is 8.76. The molecule has 2 fully saturated rings. The minimum atomic E-state index is -0.103. The van der Waals surface area contributed by atoms with Gasteiger partial charge in [0.1, 0.15) is 11.5 Å². The van der Waals surface area contributed by atoms with Gasteiger partial charge in [-0.1, -0.05) is 65.7 Å². The van der Waals surface area contributed by atoms with E-state index in [-0.39, 0.29) is 31.6 Å². The fourth-order valence-corrected chi connectivity index (χ4v) is 6.39. The summed E-state index contributed by atoms with van der Waals surface area (Å²) in [6.45, 7) is 8.01. The molecule has 2 saturated heterocycles. The maximum atomic E-state index is 12.4. The summed E-state index contributed by atoms with van der Waals surface area (Å²) in [5.74, 6) is 1.31. The van der Waals surface area contributed by atoms with Gasteiger partial charge in [-0.15, -0.1) is 0 Å². The summed E-state index contributed by atoms with van der Waals surface area (Å²) in [6, 6.07) is 30.7. The van der Waals surface area contributed by atoms with Crippen LogP contribution in [0.15, 0.2) is 97.1 Å². The largest absolute Gasteiger partial charge is 0.484 e. The summed E-state index contributed by atoms with van der Waals surface area (Å²) < 4.78 is 12.3. The second kappa shape index (κ2) is 20.0. The second-order valence-corrected chi connectivity index (χ2v) is 14.5. The van der Waals surface area contributed by atoms with Gasteiger partial charge in [-0.3, -0.25) is 19.4 Å². The number of carbonyl (C=O) groups is 2. The molecule has 0 aliphatic carbocycles. The number of benzene rings is 4. The molecule has 6 rings (SSSR count). The Hall–Kier alpha value is -3.39. The summed E-state index contributed by atoms with van der Waals surface area (Å²) in [4.78, 5) is 33.1. The van der Waals surface area contributed by atoms with E-state index in [4.69, 9.17) is 32.7 Å². The van der Waals surface area contributed by atoms with Crippen molar-refractivity contribution in [1.82, 2.24) is 19.6 Å². The van der Waals surface area contributed by atoms with Crippen molar-refractivity contribution >= 4 is 57.6 Å². The topological polar surface area (TPSA) is 85.8 Å². The number of aliphatic hydroxyl groups is 1. The van der Waals surface area contributed by atoms with Crippen molar-refractivity contribution in [1.29, 1.82) is 0 Å². The molecule has 12 heteroatoms. The smallest absolute Gasteiger partial charge is 0.260 e. The highest BCUT2D eigenvalue weighted by Crippen LogP contribution is 2.19. The molecule has 2 aliphatic heterocycles. The van der Waals surface area contributed by atoms with Crippen LogP contribution in [0.25, 0.3) is 0 Å². The zero-order valence-corrected chi connectivity index (χ0v) is 32.1. The minimum Gasteiger partial charge on any atom is -0.484 e. The van der Waals surface area contributed by atoms with Crippen molar-refractivity contribution in [3.8, 4) is 11.5 Å². The van der Waals surface area contributed by atoms with E-state index in [1.807, 2.05) is 82.6 Å². The van der Waals surface area contributed by atoms with Gasteiger partial charge in [-0.2, -0.15) is 0 Å². The molecule has 0 aromatic heterocycles. The van der Waals surface area contributed by atoms with Crippen molar-refractivity contribution < 1.29 is 24.2 Å². The van der Waals surface area contributed by atoms with E-state index in [1.165, 1.54) is 11.1 Å². The molecule has 270 valence electrons. The molecule has 0 atom stereocenters. The number of nitrogens with zero attached hydrogens (tertiary/aromatic N) is 4. The molecular formula is C39H43Cl2IN4O5. The van der Waals surface area contributed by atoms with E-state index in [0.29, 0.717) is 24.4 Å². The Kier molecular flexibility index (Phi) is 15.2. The molecule has 2 amide bonds. The number of aliphatic hydroxyl groups excluding tert-OH is 1. The van der Waals surface area contributed by atoms with Crippen molar-refractivity contribution in [2.75, 3.05) is 65.6 Å². The SMILES string of the molecule is O=C(COc1ccc(I)cc1)N1CCN(Cc2ccc(Cl)cc2)CC1.O=C(COc1ccccc1CO)N1CCN(Cc2ccc(Cl)cc2)CC1. The predicted octanol–water partition coefficient (Wildman–Crippen LogP) is 6.22. The lowest BCUT2D eigenvalue weighted by atomic mass is 10.2. The Balaban J connectivity index is 0.000000198. The maximum absolute atomic E-state index is 12.4. The zero-order valence-electron chi connectivity index (χ0n) is 28.4. The summed E-state index contributed by atoms with van der Waals surface area (Å²) >= 11 is 14.1. The van der Waals surface area contributed by atoms with Gasteiger partial charge in [0.2, 0.25) is 0 Å². The lowest BCUT2D eigenvalue weighted by molar-refractivity contribution is -0.135. The van der Waals surface area contributed by atoms with Crippen LogP contribution in [0.5, 0.6) is 11.5 Å². The molecule has 51 heavy (non-hydrogen) atoms. The Morgan fingerprint density at radius 1 is 0.608 bits per heavy atom. The van der Waals surface area contributed by atoms with Gasteiger partial charge >= 0.3 is 0 Å². The van der Waals surface area contributed by atoms with Gasteiger partial charge in [0.15, 0.2) is 13.2 Å². The first-order chi connectivity index (χ1) is 24.7. The average Bonchev–Trinajstić information content (AvgIpc) is 3.16. The third kappa shape index (κ3) is 12.7. The monoisotopic (exact) mass is 844 g/mol. The van der Waals surface area contributed by atoms with Gasteiger partial charge in [-0.25, -0.2) is 0 Å². The Bertz CT molecular complexity index is 1680. The normalized spacial score (nSPS) is 15.1. The fraction of sp³-hybridized carbons (Fsp3) is 0.333. The van der Waals surface area contributed by atoms with Crippen LogP contribution in [0, 0.1) is 3.57 Å². The Morgan fingerprint density at radius 2 is 1.06 bits per heavy atom. The molecule has 0 radical (unpaired) electrons. The van der Waals surface area contributed by atoms with Crippen LogP contribution in [-0.2, 0) is 29.3 Å². The van der Waals surface area contributed by atoms with Crippen LogP contribution in [-0.4, -0.2) is 102 Å². The zero-order chi connectivity index (χ0) is 36.0. The van der Waals surface area contributed by atoms with Crippen LogP contribution in [0.1, 0.15) is 16.7 Å². The van der Waals surface area contributed by atoms with E-state index < -0.39 is 0 Å². The van der Waals surface area contributed by atoms with Crippen LogP contribution in [0.4, 0.5) is 0 Å². The van der Waals surface area contributed by atoms with E-state index in [2.05, 4.69) is 44.5 Å². The molecule has 2 heterocycles. The number of halogens is 3. The molecule has 0 bridgehead atoms. The highest BCUT2D eigenvalue weighted by atomic mass is 127. The summed E-state index contributed by atoms with van der Waals surface area (Å²) in [5.41, 5.74) is 3.15. The first-order valence-corrected chi connectivity index (χ1v) is 18.8. The van der Waals surface area contributed by atoms with E-state index in [1.54, 1.807) is 12.1 Å². The number of carbonyl (C=O) groups excluding carboxylic acids is 2. The van der Waals surface area contributed by atoms with Gasteiger partial charge in [0, 0.05) is 84.6 Å².